The van der Waals surface area contributed by atoms with Crippen LogP contribution < -0.4 is 10.6 Å². The molecular formula is C20H24N2O3. The Balaban J connectivity index is 1.78. The van der Waals surface area contributed by atoms with Crippen LogP contribution in [0.2, 0.25) is 0 Å². The normalized spacial score (nSPS) is 10.5. The molecule has 0 radical (unpaired) electrons. The molecule has 2 aromatic carbocycles. The molecule has 0 heterocycles. The van der Waals surface area contributed by atoms with Crippen LogP contribution in [-0.2, 0) is 22.6 Å². The van der Waals surface area contributed by atoms with E-state index in [0.717, 1.165) is 16.8 Å². The summed E-state index contributed by atoms with van der Waals surface area (Å²) in [4.78, 5) is 23.6. The molecule has 132 valence electrons. The van der Waals surface area contributed by atoms with E-state index in [9.17, 15) is 14.7 Å². The first-order valence-electron chi connectivity index (χ1n) is 8.39. The molecule has 2 rings (SSSR count). The number of phenolic OH excluding ortho intramolecular Hbond substituents is 1. The molecule has 2 aromatic rings. The molecule has 5 heteroatoms. The third kappa shape index (κ3) is 5.95. The van der Waals surface area contributed by atoms with Gasteiger partial charge in [0, 0.05) is 24.6 Å². The predicted octanol–water partition coefficient (Wildman–Crippen LogP) is 3.24. The number of hydrogen-bond acceptors (Lipinski definition) is 3. The lowest BCUT2D eigenvalue weighted by atomic mass is 10.1. The lowest BCUT2D eigenvalue weighted by molar-refractivity contribution is -0.121. The first kappa shape index (κ1) is 18.5. The number of nitrogens with one attached hydrogen (secondary N) is 2. The summed E-state index contributed by atoms with van der Waals surface area (Å²) >= 11 is 0. The number of carbonyl (C=O) groups excluding carboxylic acids is 2. The van der Waals surface area contributed by atoms with Crippen LogP contribution in [-0.4, -0.2) is 16.9 Å². The van der Waals surface area contributed by atoms with Crippen molar-refractivity contribution in [2.45, 2.75) is 33.2 Å². The van der Waals surface area contributed by atoms with Gasteiger partial charge >= 0.3 is 0 Å². The van der Waals surface area contributed by atoms with Gasteiger partial charge in [-0.05, 0) is 35.7 Å². The first-order chi connectivity index (χ1) is 12.0. The van der Waals surface area contributed by atoms with Crippen molar-refractivity contribution in [3.05, 3.63) is 59.7 Å². The lowest BCUT2D eigenvalue weighted by Gasteiger charge is -2.09. The Morgan fingerprint density at radius 2 is 1.72 bits per heavy atom. The van der Waals surface area contributed by atoms with Gasteiger partial charge in [-0.2, -0.15) is 0 Å². The van der Waals surface area contributed by atoms with Gasteiger partial charge in [-0.3, -0.25) is 9.59 Å². The highest BCUT2D eigenvalue weighted by Gasteiger charge is 2.07. The molecule has 5 nitrogen and oxygen atoms in total. The first-order valence-corrected chi connectivity index (χ1v) is 8.39. The fourth-order valence-corrected chi connectivity index (χ4v) is 2.25. The third-order valence-electron chi connectivity index (χ3n) is 3.85. The molecule has 0 unspecified atom stereocenters. The molecule has 0 aromatic heterocycles. The smallest absolute Gasteiger partial charge is 0.226 e. The van der Waals surface area contributed by atoms with E-state index in [1.54, 1.807) is 12.1 Å². The van der Waals surface area contributed by atoms with E-state index in [1.807, 2.05) is 50.2 Å². The minimum absolute atomic E-state index is 0.0229. The molecule has 2 amide bonds. The molecule has 25 heavy (non-hydrogen) atoms. The Morgan fingerprint density at radius 3 is 2.36 bits per heavy atom. The number of carbonyl (C=O) groups is 2. The van der Waals surface area contributed by atoms with Gasteiger partial charge < -0.3 is 15.7 Å². The van der Waals surface area contributed by atoms with Gasteiger partial charge in [0.2, 0.25) is 11.8 Å². The number of phenols is 1. The highest BCUT2D eigenvalue weighted by molar-refractivity contribution is 5.92. The minimum Gasteiger partial charge on any atom is -0.508 e. The van der Waals surface area contributed by atoms with E-state index in [-0.39, 0.29) is 23.5 Å². The molecule has 3 N–H and O–H groups in total. The highest BCUT2D eigenvalue weighted by atomic mass is 16.3. The highest BCUT2D eigenvalue weighted by Crippen LogP contribution is 2.17. The molecule has 0 saturated carbocycles. The van der Waals surface area contributed by atoms with Crippen LogP contribution in [0, 0.1) is 5.92 Å². The fourth-order valence-electron chi connectivity index (χ4n) is 2.25. The number of amides is 2. The van der Waals surface area contributed by atoms with Crippen LogP contribution >= 0.6 is 0 Å². The number of hydrogen-bond donors (Lipinski definition) is 3. The number of aryl methyl sites for hydroxylation is 1. The quantitative estimate of drug-likeness (QED) is 0.724. The van der Waals surface area contributed by atoms with Gasteiger partial charge in [-0.15, -0.1) is 0 Å². The summed E-state index contributed by atoms with van der Waals surface area (Å²) in [7, 11) is 0. The molecule has 0 atom stereocenters. The van der Waals surface area contributed by atoms with Crippen LogP contribution in [0.25, 0.3) is 0 Å². The van der Waals surface area contributed by atoms with Crippen molar-refractivity contribution in [3.8, 4) is 5.75 Å². The Kier molecular flexibility index (Phi) is 6.57. The third-order valence-corrected chi connectivity index (χ3v) is 3.85. The number of aromatic hydroxyl groups is 1. The van der Waals surface area contributed by atoms with Crippen molar-refractivity contribution in [2.24, 2.45) is 5.92 Å². The largest absolute Gasteiger partial charge is 0.508 e. The molecule has 0 saturated heterocycles. The van der Waals surface area contributed by atoms with E-state index in [0.29, 0.717) is 19.4 Å². The Morgan fingerprint density at radius 1 is 1.04 bits per heavy atom. The summed E-state index contributed by atoms with van der Waals surface area (Å²) in [5.41, 5.74) is 2.47. The molecular weight excluding hydrogens is 316 g/mol. The second-order valence-corrected chi connectivity index (χ2v) is 6.25. The molecule has 0 fully saturated rings. The maximum atomic E-state index is 11.9. The zero-order valence-corrected chi connectivity index (χ0v) is 14.6. The van der Waals surface area contributed by atoms with Crippen molar-refractivity contribution in [1.29, 1.82) is 0 Å². The van der Waals surface area contributed by atoms with Crippen LogP contribution in [0.5, 0.6) is 5.75 Å². The Bertz CT molecular complexity index is 724. The van der Waals surface area contributed by atoms with Crippen molar-refractivity contribution < 1.29 is 14.7 Å². The van der Waals surface area contributed by atoms with Crippen molar-refractivity contribution in [3.63, 3.8) is 0 Å². The maximum Gasteiger partial charge on any atom is 0.226 e. The monoisotopic (exact) mass is 340 g/mol. The van der Waals surface area contributed by atoms with Crippen LogP contribution in [0.1, 0.15) is 31.4 Å². The van der Waals surface area contributed by atoms with Crippen LogP contribution in [0.15, 0.2) is 48.5 Å². The second-order valence-electron chi connectivity index (χ2n) is 6.25. The van der Waals surface area contributed by atoms with Crippen molar-refractivity contribution >= 4 is 17.5 Å². The maximum absolute atomic E-state index is 11.9. The van der Waals surface area contributed by atoms with Gasteiger partial charge in [0.05, 0.1) is 0 Å². The molecule has 0 aliphatic heterocycles. The predicted molar refractivity (Wildman–Crippen MR) is 98.2 cm³/mol. The standard InChI is InChI=1S/C20H24N2O3/c1-14(2)20(25)22-17-10-7-15(8-11-17)13-21-19(24)12-9-16-5-3-4-6-18(16)23/h3-8,10-11,14,23H,9,12-13H2,1-2H3,(H,21,24)(H,22,25). The van der Waals surface area contributed by atoms with Crippen LogP contribution in [0.4, 0.5) is 5.69 Å². The average Bonchev–Trinajstić information content (AvgIpc) is 2.60. The fraction of sp³-hybridized carbons (Fsp3) is 0.300. The SMILES string of the molecule is CC(C)C(=O)Nc1ccc(CNC(=O)CCc2ccccc2O)cc1. The number of benzene rings is 2. The Labute approximate surface area is 148 Å². The molecule has 0 aliphatic carbocycles. The summed E-state index contributed by atoms with van der Waals surface area (Å²) < 4.78 is 0. The van der Waals surface area contributed by atoms with E-state index < -0.39 is 0 Å². The lowest BCUT2D eigenvalue weighted by Crippen LogP contribution is -2.23. The second kappa shape index (κ2) is 8.87. The zero-order chi connectivity index (χ0) is 18.2. The Hall–Kier alpha value is -2.82. The van der Waals surface area contributed by atoms with Crippen molar-refractivity contribution in [1.82, 2.24) is 5.32 Å². The molecule has 0 bridgehead atoms. The van der Waals surface area contributed by atoms with E-state index >= 15 is 0 Å². The average molecular weight is 340 g/mol. The summed E-state index contributed by atoms with van der Waals surface area (Å²) in [6.07, 6.45) is 0.818. The summed E-state index contributed by atoms with van der Waals surface area (Å²) in [6.45, 7) is 4.11. The van der Waals surface area contributed by atoms with E-state index in [2.05, 4.69) is 10.6 Å². The van der Waals surface area contributed by atoms with Gasteiger partial charge in [0.15, 0.2) is 0 Å². The number of anilines is 1. The van der Waals surface area contributed by atoms with Gasteiger partial charge in [0.25, 0.3) is 0 Å². The van der Waals surface area contributed by atoms with Gasteiger partial charge in [-0.25, -0.2) is 0 Å². The van der Waals surface area contributed by atoms with E-state index in [4.69, 9.17) is 0 Å². The zero-order valence-electron chi connectivity index (χ0n) is 14.6. The number of para-hydroxylation sites is 1. The topological polar surface area (TPSA) is 78.4 Å². The minimum atomic E-state index is -0.0690. The van der Waals surface area contributed by atoms with E-state index in [1.165, 1.54) is 0 Å². The van der Waals surface area contributed by atoms with Crippen LogP contribution in [0.3, 0.4) is 0 Å². The molecule has 0 spiro atoms. The summed E-state index contributed by atoms with van der Waals surface area (Å²) in [6, 6.07) is 14.4. The molecule has 0 aliphatic rings. The van der Waals surface area contributed by atoms with Crippen molar-refractivity contribution in [2.75, 3.05) is 5.32 Å². The number of rotatable bonds is 7. The van der Waals surface area contributed by atoms with Gasteiger partial charge in [0.1, 0.15) is 5.75 Å². The summed E-state index contributed by atoms with van der Waals surface area (Å²) in [5, 5.41) is 15.4. The van der Waals surface area contributed by atoms with Gasteiger partial charge in [-0.1, -0.05) is 44.2 Å². The summed E-state index contributed by atoms with van der Waals surface area (Å²) in [5.74, 6) is 0.0583.